The van der Waals surface area contributed by atoms with E-state index >= 15 is 0 Å². The second-order valence-corrected chi connectivity index (χ2v) is 19.3. The highest BCUT2D eigenvalue weighted by molar-refractivity contribution is 7.99. The smallest absolute Gasteiger partial charge is 0.282 e. The van der Waals surface area contributed by atoms with Crippen LogP contribution in [-0.2, 0) is 11.5 Å². The molecule has 6 rings (SSSR count). The molecule has 244 valence electrons. The summed E-state index contributed by atoms with van der Waals surface area (Å²) in [6.07, 6.45) is 5.25. The SMILES string of the molecule is COc1ccc(F)cc1Sc1cn(COCC[Si](C)(C)C)c2ncnc(N[C@@H](C)c3nn4ccc(C)c4c(=O)n3-c3ccccc3)c12. The van der Waals surface area contributed by atoms with E-state index in [4.69, 9.17) is 14.6 Å². The van der Waals surface area contributed by atoms with Gasteiger partial charge in [-0.05, 0) is 61.9 Å². The Bertz CT molecular complexity index is 2110. The van der Waals surface area contributed by atoms with Crippen molar-refractivity contribution in [1.29, 1.82) is 0 Å². The summed E-state index contributed by atoms with van der Waals surface area (Å²) in [5.41, 5.74) is 2.57. The lowest BCUT2D eigenvalue weighted by Gasteiger charge is -2.20. The van der Waals surface area contributed by atoms with Crippen LogP contribution in [0.2, 0.25) is 25.7 Å². The first-order chi connectivity index (χ1) is 22.5. The van der Waals surface area contributed by atoms with Crippen molar-refractivity contribution >= 4 is 42.2 Å². The second-order valence-electron chi connectivity index (χ2n) is 12.6. The van der Waals surface area contributed by atoms with Crippen molar-refractivity contribution in [3.8, 4) is 11.4 Å². The largest absolute Gasteiger partial charge is 0.496 e. The van der Waals surface area contributed by atoms with Crippen LogP contribution in [0.4, 0.5) is 10.2 Å². The average molecular weight is 672 g/mol. The van der Waals surface area contributed by atoms with Gasteiger partial charge in [-0.15, -0.1) is 0 Å². The third-order valence-corrected chi connectivity index (χ3v) is 10.6. The second kappa shape index (κ2) is 13.3. The number of fused-ring (bicyclic) bond motifs is 2. The zero-order valence-corrected chi connectivity index (χ0v) is 29.1. The molecule has 0 saturated heterocycles. The zero-order chi connectivity index (χ0) is 33.3. The molecule has 0 radical (unpaired) electrons. The maximum Gasteiger partial charge on any atom is 0.282 e. The minimum absolute atomic E-state index is 0.166. The Labute approximate surface area is 277 Å². The molecule has 0 fully saturated rings. The topological polar surface area (TPSA) is 100 Å². The van der Waals surface area contributed by atoms with Gasteiger partial charge in [-0.25, -0.2) is 18.9 Å². The number of hydrogen-bond donors (Lipinski definition) is 1. The summed E-state index contributed by atoms with van der Waals surface area (Å²) < 4.78 is 31.3. The number of ether oxygens (including phenoxy) is 2. The Balaban J connectivity index is 1.44. The van der Waals surface area contributed by atoms with Gasteiger partial charge in [0.2, 0.25) is 0 Å². The number of aromatic nitrogens is 6. The fourth-order valence-corrected chi connectivity index (χ4v) is 7.26. The van der Waals surface area contributed by atoms with Gasteiger partial charge >= 0.3 is 0 Å². The van der Waals surface area contributed by atoms with Gasteiger partial charge in [0.05, 0.1) is 29.1 Å². The Morgan fingerprint density at radius 1 is 1.06 bits per heavy atom. The molecule has 0 aliphatic heterocycles. The number of para-hydroxylation sites is 1. The number of benzene rings is 2. The highest BCUT2D eigenvalue weighted by atomic mass is 32.2. The lowest BCUT2D eigenvalue weighted by atomic mass is 10.2. The Kier molecular flexibility index (Phi) is 9.22. The molecule has 47 heavy (non-hydrogen) atoms. The van der Waals surface area contributed by atoms with Crippen molar-refractivity contribution in [3.05, 3.63) is 101 Å². The summed E-state index contributed by atoms with van der Waals surface area (Å²) in [7, 11) is 0.287. The monoisotopic (exact) mass is 671 g/mol. The van der Waals surface area contributed by atoms with E-state index in [2.05, 4.69) is 34.9 Å². The molecule has 0 saturated carbocycles. The van der Waals surface area contributed by atoms with Crippen molar-refractivity contribution in [2.75, 3.05) is 19.0 Å². The van der Waals surface area contributed by atoms with Gasteiger partial charge in [0.1, 0.15) is 41.6 Å². The van der Waals surface area contributed by atoms with Crippen molar-refractivity contribution in [2.45, 2.75) is 62.1 Å². The van der Waals surface area contributed by atoms with Crippen LogP contribution < -0.4 is 15.6 Å². The third-order valence-electron chi connectivity index (χ3n) is 7.86. The number of aryl methyl sites for hydroxylation is 1. The molecule has 6 aromatic rings. The van der Waals surface area contributed by atoms with Crippen LogP contribution in [0.1, 0.15) is 24.4 Å². The molecule has 1 N–H and O–H groups in total. The van der Waals surface area contributed by atoms with Crippen LogP contribution in [0.15, 0.2) is 87.9 Å². The fourth-order valence-electron chi connectivity index (χ4n) is 5.37. The summed E-state index contributed by atoms with van der Waals surface area (Å²) >= 11 is 1.36. The van der Waals surface area contributed by atoms with Gasteiger partial charge in [0, 0.05) is 32.0 Å². The van der Waals surface area contributed by atoms with Gasteiger partial charge in [0.15, 0.2) is 5.82 Å². The van der Waals surface area contributed by atoms with E-state index in [1.807, 2.05) is 61.0 Å². The first-order valence-corrected chi connectivity index (χ1v) is 19.9. The summed E-state index contributed by atoms with van der Waals surface area (Å²) in [6.45, 7) is 11.7. The van der Waals surface area contributed by atoms with E-state index in [9.17, 15) is 9.18 Å². The van der Waals surface area contributed by atoms with E-state index in [0.29, 0.717) is 52.5 Å². The predicted molar refractivity (Wildman–Crippen MR) is 186 cm³/mol. The molecule has 0 aliphatic carbocycles. The van der Waals surface area contributed by atoms with E-state index in [1.54, 1.807) is 28.5 Å². The van der Waals surface area contributed by atoms with Crippen LogP contribution >= 0.6 is 11.8 Å². The molecule has 0 spiro atoms. The molecular formula is C34H38FN7O3SSi. The number of methoxy groups -OCH3 is 1. The molecule has 4 aromatic heterocycles. The molecular weight excluding hydrogens is 634 g/mol. The van der Waals surface area contributed by atoms with E-state index in [1.165, 1.54) is 30.2 Å². The van der Waals surface area contributed by atoms with Crippen LogP contribution in [0.5, 0.6) is 5.75 Å². The predicted octanol–water partition coefficient (Wildman–Crippen LogP) is 7.32. The first-order valence-electron chi connectivity index (χ1n) is 15.4. The van der Waals surface area contributed by atoms with Gasteiger partial charge in [0.25, 0.3) is 5.56 Å². The van der Waals surface area contributed by atoms with Crippen molar-refractivity contribution in [3.63, 3.8) is 0 Å². The molecule has 10 nitrogen and oxygen atoms in total. The van der Waals surface area contributed by atoms with Crippen molar-refractivity contribution < 1.29 is 13.9 Å². The lowest BCUT2D eigenvalue weighted by molar-refractivity contribution is 0.0896. The normalized spacial score (nSPS) is 12.6. The summed E-state index contributed by atoms with van der Waals surface area (Å²) in [4.78, 5) is 24.6. The molecule has 0 unspecified atom stereocenters. The minimum atomic E-state index is -1.28. The van der Waals surface area contributed by atoms with E-state index < -0.39 is 14.1 Å². The highest BCUT2D eigenvalue weighted by Gasteiger charge is 2.23. The number of anilines is 1. The van der Waals surface area contributed by atoms with E-state index in [0.717, 1.165) is 21.9 Å². The lowest BCUT2D eigenvalue weighted by Crippen LogP contribution is -2.29. The number of nitrogens with zero attached hydrogens (tertiary/aromatic N) is 6. The maximum absolute atomic E-state index is 14.4. The summed E-state index contributed by atoms with van der Waals surface area (Å²) in [6, 6.07) is 16.4. The fraction of sp³-hybridized carbons (Fsp3) is 0.294. The standard InChI is InChI=1S/C34H38FN7O3SSi/c1-22-14-15-41-30(22)34(43)42(25-10-8-7-9-11-25)32(39-41)23(2)38-31-29-28(46-27-18-24(35)12-13-26(27)44-3)19-40(33(29)37-20-36-31)21-45-16-17-47(4,5)6/h7-15,18-20,23H,16-17,21H2,1-6H3,(H,36,37,38)/t23-/m0/s1. The average Bonchev–Trinajstić information content (AvgIpc) is 3.59. The summed E-state index contributed by atoms with van der Waals surface area (Å²) in [5, 5.41) is 9.15. The van der Waals surface area contributed by atoms with Crippen LogP contribution in [0, 0.1) is 12.7 Å². The third kappa shape index (κ3) is 6.82. The summed E-state index contributed by atoms with van der Waals surface area (Å²) in [5.74, 6) is 1.23. The first kappa shape index (κ1) is 32.5. The van der Waals surface area contributed by atoms with Crippen LogP contribution in [0.25, 0.3) is 22.2 Å². The Morgan fingerprint density at radius 2 is 1.85 bits per heavy atom. The number of rotatable bonds is 12. The Hall–Kier alpha value is -4.46. The number of halogens is 1. The molecule has 0 bridgehead atoms. The maximum atomic E-state index is 14.4. The molecule has 0 aliphatic rings. The van der Waals surface area contributed by atoms with Gasteiger partial charge in [-0.1, -0.05) is 49.6 Å². The highest BCUT2D eigenvalue weighted by Crippen LogP contribution is 2.41. The van der Waals surface area contributed by atoms with Gasteiger partial charge in [-0.3, -0.25) is 9.36 Å². The zero-order valence-electron chi connectivity index (χ0n) is 27.3. The van der Waals surface area contributed by atoms with Gasteiger partial charge in [-0.2, -0.15) is 5.10 Å². The molecule has 4 heterocycles. The Morgan fingerprint density at radius 3 is 2.60 bits per heavy atom. The molecule has 2 aromatic carbocycles. The van der Waals surface area contributed by atoms with E-state index in [-0.39, 0.29) is 11.4 Å². The molecule has 13 heteroatoms. The van der Waals surface area contributed by atoms with Gasteiger partial charge < -0.3 is 19.4 Å². The van der Waals surface area contributed by atoms with Crippen LogP contribution in [-0.4, -0.2) is 50.5 Å². The molecule has 1 atom stereocenters. The minimum Gasteiger partial charge on any atom is -0.496 e. The van der Waals surface area contributed by atoms with Crippen LogP contribution in [0.3, 0.4) is 0 Å². The molecule has 0 amide bonds. The number of hydrogen-bond acceptors (Lipinski definition) is 8. The van der Waals surface area contributed by atoms with Crippen molar-refractivity contribution in [1.82, 2.24) is 28.7 Å². The number of nitrogens with one attached hydrogen (secondary N) is 1. The van der Waals surface area contributed by atoms with Crippen molar-refractivity contribution in [2.24, 2.45) is 0 Å². The quantitative estimate of drug-likeness (QED) is 0.107.